The van der Waals surface area contributed by atoms with Gasteiger partial charge in [-0.15, -0.1) is 11.3 Å². The first-order chi connectivity index (χ1) is 8.11. The number of benzene rings is 1. The summed E-state index contributed by atoms with van der Waals surface area (Å²) in [5.74, 6) is 3.00. The maximum atomic E-state index is 13.4. The number of hydrogen-bond donors (Lipinski definition) is 2. The van der Waals surface area contributed by atoms with Crippen molar-refractivity contribution in [1.82, 2.24) is 10.4 Å². The summed E-state index contributed by atoms with van der Waals surface area (Å²) >= 11 is 1.08. The highest BCUT2D eigenvalue weighted by Crippen LogP contribution is 2.26. The maximum Gasteiger partial charge on any atom is 0.284 e. The molecule has 3 N–H and O–H groups in total. The number of carbonyl (C=O) groups is 1. The van der Waals surface area contributed by atoms with Crippen molar-refractivity contribution in [1.29, 1.82) is 0 Å². The lowest BCUT2D eigenvalue weighted by Gasteiger charge is -1.98. The van der Waals surface area contributed by atoms with Gasteiger partial charge in [-0.25, -0.2) is 19.6 Å². The molecule has 0 aliphatic heterocycles. The monoisotopic (exact) mass is 255 g/mol. The summed E-state index contributed by atoms with van der Waals surface area (Å²) in [5, 5.41) is 1.74. The van der Waals surface area contributed by atoms with Crippen LogP contribution >= 0.6 is 11.3 Å². The molecule has 0 atom stereocenters. The van der Waals surface area contributed by atoms with Crippen molar-refractivity contribution < 1.29 is 13.6 Å². The summed E-state index contributed by atoms with van der Waals surface area (Å²) in [7, 11) is 0. The lowest BCUT2D eigenvalue weighted by molar-refractivity contribution is 0.0949. The van der Waals surface area contributed by atoms with Crippen LogP contribution in [0.5, 0.6) is 0 Å². The van der Waals surface area contributed by atoms with Crippen LogP contribution in [0, 0.1) is 11.6 Å². The Bertz CT molecular complexity index is 570. The summed E-state index contributed by atoms with van der Waals surface area (Å²) in [6, 6.07) is 3.16. The Kier molecular flexibility index (Phi) is 3.12. The van der Waals surface area contributed by atoms with E-state index in [1.807, 2.05) is 5.43 Å². The number of nitrogen functional groups attached to an aromatic ring is 1. The summed E-state index contributed by atoms with van der Waals surface area (Å²) < 4.78 is 26.1. The largest absolute Gasteiger partial charge is 0.289 e. The van der Waals surface area contributed by atoms with Crippen LogP contribution in [-0.4, -0.2) is 10.9 Å². The molecule has 0 bridgehead atoms. The fourth-order valence-corrected chi connectivity index (χ4v) is 2.07. The molecule has 4 nitrogen and oxygen atoms in total. The topological polar surface area (TPSA) is 68.0 Å². The zero-order valence-corrected chi connectivity index (χ0v) is 9.22. The molecule has 0 saturated heterocycles. The second kappa shape index (κ2) is 4.56. The van der Waals surface area contributed by atoms with Gasteiger partial charge in [0.05, 0.1) is 0 Å². The van der Waals surface area contributed by atoms with Crippen molar-refractivity contribution in [2.24, 2.45) is 5.84 Å². The van der Waals surface area contributed by atoms with E-state index in [0.29, 0.717) is 5.01 Å². The van der Waals surface area contributed by atoms with Crippen LogP contribution in [0.15, 0.2) is 23.6 Å². The summed E-state index contributed by atoms with van der Waals surface area (Å²) in [6.45, 7) is 0. The van der Waals surface area contributed by atoms with Gasteiger partial charge < -0.3 is 0 Å². The SMILES string of the molecule is NNC(=O)c1csc(-c2ccc(F)cc2F)n1. The number of hydrazine groups is 1. The highest BCUT2D eigenvalue weighted by molar-refractivity contribution is 7.13. The first kappa shape index (κ1) is 11.6. The van der Waals surface area contributed by atoms with E-state index in [0.717, 1.165) is 23.5 Å². The van der Waals surface area contributed by atoms with Gasteiger partial charge >= 0.3 is 0 Å². The predicted octanol–water partition coefficient (Wildman–Crippen LogP) is 1.69. The van der Waals surface area contributed by atoms with Crippen molar-refractivity contribution in [3.05, 3.63) is 40.9 Å². The zero-order chi connectivity index (χ0) is 12.4. The van der Waals surface area contributed by atoms with Gasteiger partial charge in [0, 0.05) is 17.0 Å². The Morgan fingerprint density at radius 1 is 1.41 bits per heavy atom. The number of halogens is 2. The third-order valence-electron chi connectivity index (χ3n) is 2.03. The Morgan fingerprint density at radius 2 is 2.18 bits per heavy atom. The Balaban J connectivity index is 2.40. The summed E-state index contributed by atoms with van der Waals surface area (Å²) in [5.41, 5.74) is 2.16. The van der Waals surface area contributed by atoms with Crippen molar-refractivity contribution in [3.63, 3.8) is 0 Å². The maximum absolute atomic E-state index is 13.4. The molecule has 0 fully saturated rings. The summed E-state index contributed by atoms with van der Waals surface area (Å²) in [4.78, 5) is 15.1. The molecule has 17 heavy (non-hydrogen) atoms. The minimum Gasteiger partial charge on any atom is -0.289 e. The van der Waals surface area contributed by atoms with E-state index in [9.17, 15) is 13.6 Å². The molecule has 88 valence electrons. The molecule has 0 unspecified atom stereocenters. The van der Waals surface area contributed by atoms with E-state index in [4.69, 9.17) is 5.84 Å². The molecule has 2 rings (SSSR count). The van der Waals surface area contributed by atoms with Crippen LogP contribution in [0.3, 0.4) is 0 Å². The predicted molar refractivity (Wildman–Crippen MR) is 59.1 cm³/mol. The first-order valence-electron chi connectivity index (χ1n) is 4.53. The number of nitrogens with one attached hydrogen (secondary N) is 1. The number of amides is 1. The van der Waals surface area contributed by atoms with Crippen molar-refractivity contribution in [3.8, 4) is 10.6 Å². The minimum absolute atomic E-state index is 0.0937. The van der Waals surface area contributed by atoms with E-state index in [1.165, 1.54) is 11.4 Å². The standard InChI is InChI=1S/C10H7F2N3OS/c11-5-1-2-6(7(12)3-5)10-14-8(4-17-10)9(16)15-13/h1-4H,13H2,(H,15,16). The number of rotatable bonds is 2. The first-order valence-corrected chi connectivity index (χ1v) is 5.41. The average molecular weight is 255 g/mol. The minimum atomic E-state index is -0.723. The molecule has 7 heteroatoms. The molecule has 1 heterocycles. The Labute approximate surface area is 99.1 Å². The van der Waals surface area contributed by atoms with Crippen molar-refractivity contribution in [2.45, 2.75) is 0 Å². The molecule has 0 radical (unpaired) electrons. The van der Waals surface area contributed by atoms with Gasteiger partial charge in [-0.2, -0.15) is 0 Å². The van der Waals surface area contributed by atoms with E-state index >= 15 is 0 Å². The highest BCUT2D eigenvalue weighted by Gasteiger charge is 2.13. The second-order valence-electron chi connectivity index (χ2n) is 3.14. The van der Waals surface area contributed by atoms with E-state index in [1.54, 1.807) is 0 Å². The van der Waals surface area contributed by atoms with Crippen LogP contribution in [0.4, 0.5) is 8.78 Å². The number of aromatic nitrogens is 1. The normalized spacial score (nSPS) is 10.3. The molecule has 1 aromatic heterocycles. The second-order valence-corrected chi connectivity index (χ2v) is 3.99. The molecular formula is C10H7F2N3OS. The number of carbonyl (C=O) groups excluding carboxylic acids is 1. The van der Waals surface area contributed by atoms with E-state index in [2.05, 4.69) is 4.98 Å². The zero-order valence-electron chi connectivity index (χ0n) is 8.41. The van der Waals surface area contributed by atoms with Gasteiger partial charge in [-0.05, 0) is 12.1 Å². The van der Waals surface area contributed by atoms with Gasteiger partial charge in [0.2, 0.25) is 0 Å². The molecule has 1 amide bonds. The molecule has 1 aromatic carbocycles. The molecular weight excluding hydrogens is 248 g/mol. The molecule has 0 aliphatic rings. The lowest BCUT2D eigenvalue weighted by Crippen LogP contribution is -2.30. The van der Waals surface area contributed by atoms with E-state index in [-0.39, 0.29) is 11.3 Å². The Hall–Kier alpha value is -1.86. The van der Waals surface area contributed by atoms with Gasteiger partial charge in [-0.1, -0.05) is 0 Å². The average Bonchev–Trinajstić information content (AvgIpc) is 2.77. The van der Waals surface area contributed by atoms with Crippen LogP contribution < -0.4 is 11.3 Å². The third-order valence-corrected chi connectivity index (χ3v) is 2.91. The van der Waals surface area contributed by atoms with Gasteiger partial charge in [0.1, 0.15) is 22.3 Å². The smallest absolute Gasteiger partial charge is 0.284 e. The van der Waals surface area contributed by atoms with Crippen molar-refractivity contribution >= 4 is 17.2 Å². The quantitative estimate of drug-likeness (QED) is 0.487. The molecule has 0 aliphatic carbocycles. The lowest BCUT2D eigenvalue weighted by atomic mass is 10.2. The number of hydrogen-bond acceptors (Lipinski definition) is 4. The number of nitrogens with two attached hydrogens (primary N) is 1. The Morgan fingerprint density at radius 3 is 2.82 bits per heavy atom. The van der Waals surface area contributed by atoms with Crippen LogP contribution in [0.25, 0.3) is 10.6 Å². The molecule has 0 saturated carbocycles. The fourth-order valence-electron chi connectivity index (χ4n) is 1.24. The fraction of sp³-hybridized carbons (Fsp3) is 0. The molecule has 2 aromatic rings. The van der Waals surface area contributed by atoms with E-state index < -0.39 is 17.5 Å². The van der Waals surface area contributed by atoms with Crippen LogP contribution in [-0.2, 0) is 0 Å². The van der Waals surface area contributed by atoms with Crippen molar-refractivity contribution in [2.75, 3.05) is 0 Å². The van der Waals surface area contributed by atoms with Gasteiger partial charge in [-0.3, -0.25) is 10.2 Å². The van der Waals surface area contributed by atoms with Crippen LogP contribution in [0.1, 0.15) is 10.5 Å². The van der Waals surface area contributed by atoms with Gasteiger partial charge in [0.25, 0.3) is 5.91 Å². The van der Waals surface area contributed by atoms with Gasteiger partial charge in [0.15, 0.2) is 0 Å². The highest BCUT2D eigenvalue weighted by atomic mass is 32.1. The number of nitrogens with zero attached hydrogens (tertiary/aromatic N) is 1. The third kappa shape index (κ3) is 2.29. The number of thiazole rings is 1. The molecule has 0 spiro atoms. The summed E-state index contributed by atoms with van der Waals surface area (Å²) in [6.07, 6.45) is 0. The van der Waals surface area contributed by atoms with Crippen LogP contribution in [0.2, 0.25) is 0 Å².